The Morgan fingerprint density at radius 2 is 2.24 bits per heavy atom. The second-order valence-electron chi connectivity index (χ2n) is 3.98. The minimum Gasteiger partial charge on any atom is -0.496 e. The standard InChI is InChI=1S/C14H12N4O2S/c1-20-12-5-3-2-4-10(12)11(19)8-21-14-17-7-9(6-15)13(16)18-14/h2-5,7H,8H2,1H3,(H2,16,17,18). The van der Waals surface area contributed by atoms with Gasteiger partial charge >= 0.3 is 0 Å². The van der Waals surface area contributed by atoms with Gasteiger partial charge in [0.15, 0.2) is 10.9 Å². The summed E-state index contributed by atoms with van der Waals surface area (Å²) in [6.45, 7) is 0. The van der Waals surface area contributed by atoms with Crippen molar-refractivity contribution in [2.75, 3.05) is 18.6 Å². The number of carbonyl (C=O) groups is 1. The van der Waals surface area contributed by atoms with Crippen molar-refractivity contribution in [3.8, 4) is 11.8 Å². The normalized spacial score (nSPS) is 9.90. The fraction of sp³-hybridized carbons (Fsp3) is 0.143. The van der Waals surface area contributed by atoms with Crippen LogP contribution in [0.25, 0.3) is 0 Å². The first-order valence-corrected chi connectivity index (χ1v) is 6.96. The van der Waals surface area contributed by atoms with Crippen LogP contribution < -0.4 is 10.5 Å². The first-order chi connectivity index (χ1) is 10.2. The number of thioether (sulfide) groups is 1. The van der Waals surface area contributed by atoms with Crippen LogP contribution in [-0.4, -0.2) is 28.6 Å². The van der Waals surface area contributed by atoms with E-state index in [0.29, 0.717) is 16.5 Å². The first-order valence-electron chi connectivity index (χ1n) is 5.97. The monoisotopic (exact) mass is 300 g/mol. The molecule has 0 unspecified atom stereocenters. The molecule has 0 spiro atoms. The summed E-state index contributed by atoms with van der Waals surface area (Å²) < 4.78 is 5.15. The van der Waals surface area contributed by atoms with E-state index in [-0.39, 0.29) is 22.9 Å². The summed E-state index contributed by atoms with van der Waals surface area (Å²) in [5.74, 6) is 0.707. The summed E-state index contributed by atoms with van der Waals surface area (Å²) in [6, 6.07) is 8.89. The number of hydrogen-bond acceptors (Lipinski definition) is 7. The van der Waals surface area contributed by atoms with Crippen molar-refractivity contribution in [3.05, 3.63) is 41.6 Å². The zero-order valence-corrected chi connectivity index (χ0v) is 12.1. The predicted molar refractivity (Wildman–Crippen MR) is 79.2 cm³/mol. The Morgan fingerprint density at radius 1 is 1.48 bits per heavy atom. The van der Waals surface area contributed by atoms with Gasteiger partial charge in [0.25, 0.3) is 0 Å². The molecule has 0 atom stereocenters. The van der Waals surface area contributed by atoms with Crippen molar-refractivity contribution in [1.82, 2.24) is 9.97 Å². The molecule has 2 aromatic rings. The summed E-state index contributed by atoms with van der Waals surface area (Å²) in [7, 11) is 1.52. The highest BCUT2D eigenvalue weighted by atomic mass is 32.2. The van der Waals surface area contributed by atoms with Gasteiger partial charge in [0.1, 0.15) is 23.2 Å². The van der Waals surface area contributed by atoms with Gasteiger partial charge in [-0.2, -0.15) is 5.26 Å². The second-order valence-corrected chi connectivity index (χ2v) is 4.92. The molecule has 2 rings (SSSR count). The predicted octanol–water partition coefficient (Wildman–Crippen LogP) is 1.91. The van der Waals surface area contributed by atoms with Gasteiger partial charge in [-0.25, -0.2) is 9.97 Å². The summed E-state index contributed by atoms with van der Waals surface area (Å²) in [6.07, 6.45) is 1.35. The zero-order valence-electron chi connectivity index (χ0n) is 11.2. The molecule has 1 aromatic heterocycles. The average Bonchev–Trinajstić information content (AvgIpc) is 2.52. The van der Waals surface area contributed by atoms with Crippen LogP contribution in [0.15, 0.2) is 35.6 Å². The number of ketones is 1. The van der Waals surface area contributed by atoms with Crippen LogP contribution in [0, 0.1) is 11.3 Å². The summed E-state index contributed by atoms with van der Waals surface area (Å²) in [5, 5.41) is 9.11. The molecule has 0 aliphatic rings. The lowest BCUT2D eigenvalue weighted by Gasteiger charge is -2.06. The molecule has 0 radical (unpaired) electrons. The number of hydrogen-bond donors (Lipinski definition) is 1. The van der Waals surface area contributed by atoms with Gasteiger partial charge in [0, 0.05) is 0 Å². The molecule has 2 N–H and O–H groups in total. The van der Waals surface area contributed by atoms with Crippen molar-refractivity contribution in [3.63, 3.8) is 0 Å². The molecule has 106 valence electrons. The highest BCUT2D eigenvalue weighted by Gasteiger charge is 2.13. The molecular formula is C14H12N4O2S. The van der Waals surface area contributed by atoms with E-state index in [1.54, 1.807) is 24.3 Å². The molecule has 0 amide bonds. The Balaban J connectivity index is 2.08. The molecule has 0 aliphatic heterocycles. The number of Topliss-reactive ketones (excluding diaryl/α,β-unsaturated/α-hetero) is 1. The van der Waals surface area contributed by atoms with E-state index in [9.17, 15) is 4.79 Å². The van der Waals surface area contributed by atoms with E-state index in [1.165, 1.54) is 13.3 Å². The van der Waals surface area contributed by atoms with Gasteiger partial charge in [-0.15, -0.1) is 0 Å². The molecule has 7 heteroatoms. The quantitative estimate of drug-likeness (QED) is 0.511. The average molecular weight is 300 g/mol. The van der Waals surface area contributed by atoms with E-state index in [2.05, 4.69) is 9.97 Å². The SMILES string of the molecule is COc1ccccc1C(=O)CSc1ncc(C#N)c(N)n1. The molecule has 0 aliphatic carbocycles. The van der Waals surface area contributed by atoms with Crippen LogP contribution >= 0.6 is 11.8 Å². The van der Waals surface area contributed by atoms with Crippen LogP contribution in [0.4, 0.5) is 5.82 Å². The Morgan fingerprint density at radius 3 is 2.90 bits per heavy atom. The number of nitrogen functional groups attached to an aromatic ring is 1. The van der Waals surface area contributed by atoms with Crippen molar-refractivity contribution in [1.29, 1.82) is 5.26 Å². The topological polar surface area (TPSA) is 102 Å². The number of nitrogens with two attached hydrogens (primary N) is 1. The van der Waals surface area contributed by atoms with E-state index >= 15 is 0 Å². The lowest BCUT2D eigenvalue weighted by atomic mass is 10.1. The van der Waals surface area contributed by atoms with E-state index in [4.69, 9.17) is 15.7 Å². The van der Waals surface area contributed by atoms with E-state index < -0.39 is 0 Å². The van der Waals surface area contributed by atoms with Crippen LogP contribution in [0.2, 0.25) is 0 Å². The van der Waals surface area contributed by atoms with Crippen LogP contribution in [0.1, 0.15) is 15.9 Å². The highest BCUT2D eigenvalue weighted by Crippen LogP contribution is 2.22. The number of anilines is 1. The Hall–Kier alpha value is -2.59. The largest absolute Gasteiger partial charge is 0.496 e. The number of carbonyl (C=O) groups excluding carboxylic acids is 1. The number of rotatable bonds is 5. The van der Waals surface area contributed by atoms with Gasteiger partial charge in [-0.1, -0.05) is 23.9 Å². The maximum absolute atomic E-state index is 12.2. The number of nitriles is 1. The molecule has 0 fully saturated rings. The lowest BCUT2D eigenvalue weighted by molar-refractivity contribution is 0.101. The Kier molecular flexibility index (Phi) is 4.74. The van der Waals surface area contributed by atoms with Crippen molar-refractivity contribution in [2.24, 2.45) is 0 Å². The molecule has 1 aromatic carbocycles. The van der Waals surface area contributed by atoms with E-state index in [1.807, 2.05) is 6.07 Å². The first kappa shape index (κ1) is 14.8. The third kappa shape index (κ3) is 3.49. The fourth-order valence-corrected chi connectivity index (χ4v) is 2.32. The smallest absolute Gasteiger partial charge is 0.189 e. The van der Waals surface area contributed by atoms with Gasteiger partial charge in [-0.3, -0.25) is 4.79 Å². The summed E-state index contributed by atoms with van der Waals surface area (Å²) in [4.78, 5) is 20.1. The van der Waals surface area contributed by atoms with Crippen LogP contribution in [0.5, 0.6) is 5.75 Å². The van der Waals surface area contributed by atoms with Crippen molar-refractivity contribution < 1.29 is 9.53 Å². The number of para-hydroxylation sites is 1. The third-order valence-corrected chi connectivity index (χ3v) is 3.52. The van der Waals surface area contributed by atoms with Crippen molar-refractivity contribution in [2.45, 2.75) is 5.16 Å². The summed E-state index contributed by atoms with van der Waals surface area (Å²) in [5.41, 5.74) is 6.33. The van der Waals surface area contributed by atoms with Crippen LogP contribution in [0.3, 0.4) is 0 Å². The molecule has 0 saturated heterocycles. The van der Waals surface area contributed by atoms with Gasteiger partial charge in [0.2, 0.25) is 0 Å². The molecule has 1 heterocycles. The second kappa shape index (κ2) is 6.72. The molecule has 0 saturated carbocycles. The lowest BCUT2D eigenvalue weighted by Crippen LogP contribution is -2.06. The molecule has 21 heavy (non-hydrogen) atoms. The number of aromatic nitrogens is 2. The number of ether oxygens (including phenoxy) is 1. The molecule has 0 bridgehead atoms. The Bertz CT molecular complexity index is 712. The maximum atomic E-state index is 12.2. The van der Waals surface area contributed by atoms with Gasteiger partial charge in [0.05, 0.1) is 24.6 Å². The highest BCUT2D eigenvalue weighted by molar-refractivity contribution is 7.99. The zero-order chi connectivity index (χ0) is 15.2. The Labute approximate surface area is 126 Å². The number of benzene rings is 1. The number of nitrogens with zero attached hydrogens (tertiary/aromatic N) is 3. The molecular weight excluding hydrogens is 288 g/mol. The summed E-state index contributed by atoms with van der Waals surface area (Å²) >= 11 is 1.16. The fourth-order valence-electron chi connectivity index (χ4n) is 1.62. The molecule has 6 nitrogen and oxygen atoms in total. The van der Waals surface area contributed by atoms with Crippen LogP contribution in [-0.2, 0) is 0 Å². The number of methoxy groups -OCH3 is 1. The minimum atomic E-state index is -0.0935. The van der Waals surface area contributed by atoms with Gasteiger partial charge in [-0.05, 0) is 12.1 Å². The third-order valence-electron chi connectivity index (χ3n) is 2.66. The minimum absolute atomic E-state index is 0.0935. The van der Waals surface area contributed by atoms with Crippen molar-refractivity contribution >= 4 is 23.4 Å². The van der Waals surface area contributed by atoms with E-state index in [0.717, 1.165) is 11.8 Å². The maximum Gasteiger partial charge on any atom is 0.189 e. The van der Waals surface area contributed by atoms with Gasteiger partial charge < -0.3 is 10.5 Å².